The first-order valence-electron chi connectivity index (χ1n) is 5.92. The van der Waals surface area contributed by atoms with Crippen molar-refractivity contribution in [3.8, 4) is 0 Å². The monoisotopic (exact) mass is 265 g/mol. The molecular weight excluding hydrogens is 249 g/mol. The molecule has 0 saturated heterocycles. The van der Waals surface area contributed by atoms with Crippen LogP contribution in [-0.2, 0) is 11.3 Å². The van der Waals surface area contributed by atoms with E-state index in [0.29, 0.717) is 17.0 Å². The highest BCUT2D eigenvalue weighted by molar-refractivity contribution is 5.81. The number of nitrogens with one attached hydrogen (secondary N) is 1. The average molecular weight is 265 g/mol. The predicted octanol–water partition coefficient (Wildman–Crippen LogP) is 2.47. The zero-order valence-electron chi connectivity index (χ0n) is 11.1. The van der Waals surface area contributed by atoms with E-state index in [0.717, 1.165) is 0 Å². The van der Waals surface area contributed by atoms with Gasteiger partial charge in [0.2, 0.25) is 5.95 Å². The molecule has 2 rings (SSSR count). The number of hydrogen-bond acceptors (Lipinski definition) is 3. The molecule has 0 atom stereocenters. The predicted molar refractivity (Wildman–Crippen MR) is 70.7 cm³/mol. The van der Waals surface area contributed by atoms with Crippen molar-refractivity contribution in [2.45, 2.75) is 32.9 Å². The second-order valence-electron chi connectivity index (χ2n) is 5.42. The van der Waals surface area contributed by atoms with Crippen LogP contribution < -0.4 is 5.32 Å². The maximum Gasteiger partial charge on any atom is 0.323 e. The molecule has 2 aromatic rings. The number of carbonyl (C=O) groups is 1. The van der Waals surface area contributed by atoms with Crippen molar-refractivity contribution in [3.63, 3.8) is 0 Å². The van der Waals surface area contributed by atoms with Crippen molar-refractivity contribution in [2.24, 2.45) is 0 Å². The summed E-state index contributed by atoms with van der Waals surface area (Å²) in [4.78, 5) is 15.3. The van der Waals surface area contributed by atoms with E-state index in [9.17, 15) is 9.18 Å². The first-order valence-corrected chi connectivity index (χ1v) is 5.92. The summed E-state index contributed by atoms with van der Waals surface area (Å²) in [5, 5.41) is 12.1. The largest absolute Gasteiger partial charge is 0.480 e. The molecule has 0 aliphatic heterocycles. The normalized spacial score (nSPS) is 11.8. The number of carboxylic acids is 1. The molecule has 0 unspecified atom stereocenters. The van der Waals surface area contributed by atoms with Gasteiger partial charge in [0.25, 0.3) is 0 Å². The lowest BCUT2D eigenvalue weighted by molar-refractivity contribution is -0.137. The minimum absolute atomic E-state index is 0.266. The molecule has 0 fully saturated rings. The molecule has 19 heavy (non-hydrogen) atoms. The van der Waals surface area contributed by atoms with Crippen molar-refractivity contribution in [1.82, 2.24) is 9.55 Å². The molecule has 1 aromatic carbocycles. The summed E-state index contributed by atoms with van der Waals surface area (Å²) in [6.45, 7) is 5.56. The van der Waals surface area contributed by atoms with E-state index in [1.54, 1.807) is 0 Å². The summed E-state index contributed by atoms with van der Waals surface area (Å²) in [6, 6.07) is 4.14. The van der Waals surface area contributed by atoms with Crippen LogP contribution in [0.15, 0.2) is 18.2 Å². The number of benzene rings is 1. The minimum atomic E-state index is -1.000. The number of aromatic nitrogens is 2. The van der Waals surface area contributed by atoms with Crippen LogP contribution in [0.2, 0.25) is 0 Å². The zero-order chi connectivity index (χ0) is 14.2. The van der Waals surface area contributed by atoms with Crippen LogP contribution in [0.1, 0.15) is 20.8 Å². The Hall–Kier alpha value is -2.11. The van der Waals surface area contributed by atoms with Crippen LogP contribution in [0.25, 0.3) is 11.0 Å². The van der Waals surface area contributed by atoms with Crippen molar-refractivity contribution in [1.29, 1.82) is 0 Å². The van der Waals surface area contributed by atoms with Gasteiger partial charge in [0.05, 0.1) is 11.0 Å². The molecular formula is C13H16FN3O2. The van der Waals surface area contributed by atoms with Crippen LogP contribution in [0.3, 0.4) is 0 Å². The summed E-state index contributed by atoms with van der Waals surface area (Å²) < 4.78 is 14.8. The Kier molecular flexibility index (Phi) is 3.18. The van der Waals surface area contributed by atoms with Gasteiger partial charge >= 0.3 is 5.97 Å². The zero-order valence-corrected chi connectivity index (χ0v) is 11.1. The Morgan fingerprint density at radius 2 is 2.16 bits per heavy atom. The van der Waals surface area contributed by atoms with Gasteiger partial charge in [0.1, 0.15) is 12.4 Å². The van der Waals surface area contributed by atoms with Crippen LogP contribution in [0.5, 0.6) is 0 Å². The Morgan fingerprint density at radius 3 is 2.74 bits per heavy atom. The Morgan fingerprint density at radius 1 is 1.47 bits per heavy atom. The van der Waals surface area contributed by atoms with Crippen molar-refractivity contribution >= 4 is 23.0 Å². The summed E-state index contributed by atoms with van der Waals surface area (Å²) in [6.07, 6.45) is 0. The molecule has 1 aromatic heterocycles. The molecule has 0 aliphatic rings. The molecule has 0 amide bonds. The first-order chi connectivity index (χ1) is 8.76. The van der Waals surface area contributed by atoms with Gasteiger partial charge in [-0.25, -0.2) is 9.37 Å². The van der Waals surface area contributed by atoms with E-state index in [1.165, 1.54) is 22.8 Å². The first kappa shape index (κ1) is 13.3. The number of anilines is 1. The molecule has 5 nitrogen and oxygen atoms in total. The summed E-state index contributed by atoms with van der Waals surface area (Å²) >= 11 is 0. The van der Waals surface area contributed by atoms with Crippen LogP contribution in [0, 0.1) is 5.82 Å². The number of fused-ring (bicyclic) bond motifs is 1. The molecule has 1 heterocycles. The summed E-state index contributed by atoms with van der Waals surface area (Å²) in [5.74, 6) is -0.989. The van der Waals surface area contributed by atoms with Crippen molar-refractivity contribution < 1.29 is 14.3 Å². The Balaban J connectivity index is 2.58. The molecule has 0 aliphatic carbocycles. The second kappa shape index (κ2) is 4.53. The van der Waals surface area contributed by atoms with E-state index in [4.69, 9.17) is 5.11 Å². The van der Waals surface area contributed by atoms with Crippen molar-refractivity contribution in [3.05, 3.63) is 24.0 Å². The number of rotatable bonds is 3. The third kappa shape index (κ3) is 3.01. The topological polar surface area (TPSA) is 67.2 Å². The fourth-order valence-electron chi connectivity index (χ4n) is 1.82. The number of imidazole rings is 1. The van der Waals surface area contributed by atoms with Gasteiger partial charge in [0, 0.05) is 5.54 Å². The molecule has 0 bridgehead atoms. The Labute approximate surface area is 110 Å². The van der Waals surface area contributed by atoms with Gasteiger partial charge in [-0.2, -0.15) is 0 Å². The van der Waals surface area contributed by atoms with Crippen molar-refractivity contribution in [2.75, 3.05) is 5.32 Å². The van der Waals surface area contributed by atoms with Gasteiger partial charge in [-0.15, -0.1) is 0 Å². The molecule has 6 heteroatoms. The third-order valence-electron chi connectivity index (χ3n) is 2.49. The van der Waals surface area contributed by atoms with Crippen LogP contribution in [-0.4, -0.2) is 26.2 Å². The fourth-order valence-corrected chi connectivity index (χ4v) is 1.82. The number of nitrogens with zero attached hydrogens (tertiary/aromatic N) is 2. The fraction of sp³-hybridized carbons (Fsp3) is 0.385. The quantitative estimate of drug-likeness (QED) is 0.894. The number of hydrogen-bond donors (Lipinski definition) is 2. The standard InChI is InChI=1S/C13H16FN3O2/c1-13(2,3)16-12-15-9-5-4-8(14)6-10(9)17(12)7-11(18)19/h4-6H,7H2,1-3H3,(H,15,16)(H,18,19). The summed E-state index contributed by atoms with van der Waals surface area (Å²) in [5.41, 5.74) is 0.763. The van der Waals surface area contributed by atoms with E-state index in [-0.39, 0.29) is 12.1 Å². The van der Waals surface area contributed by atoms with Gasteiger partial charge < -0.3 is 10.4 Å². The highest BCUT2D eigenvalue weighted by Crippen LogP contribution is 2.23. The van der Waals surface area contributed by atoms with Gasteiger partial charge in [-0.1, -0.05) is 0 Å². The highest BCUT2D eigenvalue weighted by atomic mass is 19.1. The van der Waals surface area contributed by atoms with Crippen LogP contribution >= 0.6 is 0 Å². The Bertz CT molecular complexity index is 629. The second-order valence-corrected chi connectivity index (χ2v) is 5.42. The molecule has 102 valence electrons. The maximum atomic E-state index is 13.3. The van der Waals surface area contributed by atoms with E-state index >= 15 is 0 Å². The van der Waals surface area contributed by atoms with Crippen LogP contribution in [0.4, 0.5) is 10.3 Å². The lowest BCUT2D eigenvalue weighted by Crippen LogP contribution is -2.28. The van der Waals surface area contributed by atoms with E-state index in [2.05, 4.69) is 10.3 Å². The number of halogens is 1. The number of aliphatic carboxylic acids is 1. The molecule has 0 spiro atoms. The van der Waals surface area contributed by atoms with Gasteiger partial charge in [0.15, 0.2) is 0 Å². The molecule has 0 radical (unpaired) electrons. The summed E-state index contributed by atoms with van der Waals surface area (Å²) in [7, 11) is 0. The maximum absolute atomic E-state index is 13.3. The van der Waals surface area contributed by atoms with E-state index < -0.39 is 11.8 Å². The third-order valence-corrected chi connectivity index (χ3v) is 2.49. The lowest BCUT2D eigenvalue weighted by atomic mass is 10.1. The van der Waals surface area contributed by atoms with Gasteiger partial charge in [-0.3, -0.25) is 9.36 Å². The molecule has 2 N–H and O–H groups in total. The van der Waals surface area contributed by atoms with Gasteiger partial charge in [-0.05, 0) is 39.0 Å². The smallest absolute Gasteiger partial charge is 0.323 e. The minimum Gasteiger partial charge on any atom is -0.480 e. The molecule has 0 saturated carbocycles. The van der Waals surface area contributed by atoms with E-state index in [1.807, 2.05) is 20.8 Å². The number of carboxylic acid groups (broad SMARTS) is 1. The highest BCUT2D eigenvalue weighted by Gasteiger charge is 2.18. The lowest BCUT2D eigenvalue weighted by Gasteiger charge is -2.21. The average Bonchev–Trinajstić information content (AvgIpc) is 2.54. The SMILES string of the molecule is CC(C)(C)Nc1nc2ccc(F)cc2n1CC(=O)O.